The molecule has 0 radical (unpaired) electrons. The van der Waals surface area contributed by atoms with Gasteiger partial charge >= 0.3 is 5.97 Å². The zero-order chi connectivity index (χ0) is 10.7. The third-order valence-electron chi connectivity index (χ3n) is 1.73. The number of benzene rings is 1. The summed E-state index contributed by atoms with van der Waals surface area (Å²) in [5.74, 6) is -0.789. The first-order valence-corrected chi connectivity index (χ1v) is 4.60. The van der Waals surface area contributed by atoms with Crippen LogP contribution in [0.1, 0.15) is 11.7 Å². The Morgan fingerprint density at radius 1 is 1.57 bits per heavy atom. The Bertz CT molecular complexity index is 351. The molecule has 14 heavy (non-hydrogen) atoms. The van der Waals surface area contributed by atoms with Gasteiger partial charge in [0.2, 0.25) is 0 Å². The van der Waals surface area contributed by atoms with E-state index in [1.54, 1.807) is 12.1 Å². The van der Waals surface area contributed by atoms with E-state index >= 15 is 0 Å². The van der Waals surface area contributed by atoms with Gasteiger partial charge in [-0.3, -0.25) is 0 Å². The van der Waals surface area contributed by atoms with Crippen molar-refractivity contribution in [2.24, 2.45) is 0 Å². The lowest BCUT2D eigenvalue weighted by atomic mass is 10.1. The number of carboxylic acids is 1. The summed E-state index contributed by atoms with van der Waals surface area (Å²) in [5.41, 5.74) is 0.275. The van der Waals surface area contributed by atoms with Crippen molar-refractivity contribution in [3.05, 3.63) is 28.2 Å². The molecule has 0 amide bonds. The summed E-state index contributed by atoms with van der Waals surface area (Å²) in [6.07, 6.45) is -1.54. The molecule has 0 heterocycles. The number of rotatable bonds is 3. The Kier molecular flexibility index (Phi) is 3.49. The van der Waals surface area contributed by atoms with Crippen LogP contribution in [0.25, 0.3) is 0 Å². The van der Waals surface area contributed by atoms with E-state index in [0.29, 0.717) is 10.2 Å². The average molecular weight is 261 g/mol. The van der Waals surface area contributed by atoms with Gasteiger partial charge in [-0.1, -0.05) is 15.9 Å². The first-order valence-electron chi connectivity index (χ1n) is 3.80. The van der Waals surface area contributed by atoms with Crippen LogP contribution in [-0.4, -0.2) is 23.3 Å². The summed E-state index contributed by atoms with van der Waals surface area (Å²) in [6.45, 7) is 0. The number of ether oxygens (including phenoxy) is 1. The number of aliphatic carboxylic acids is 1. The molecular weight excluding hydrogens is 252 g/mol. The van der Waals surface area contributed by atoms with E-state index in [4.69, 9.17) is 9.84 Å². The van der Waals surface area contributed by atoms with Gasteiger partial charge in [0.15, 0.2) is 6.10 Å². The predicted molar refractivity (Wildman–Crippen MR) is 53.3 cm³/mol. The molecule has 0 aliphatic carbocycles. The van der Waals surface area contributed by atoms with E-state index in [1.165, 1.54) is 13.2 Å². The van der Waals surface area contributed by atoms with Gasteiger partial charge in [0.25, 0.3) is 0 Å². The molecule has 0 bridgehead atoms. The molecule has 0 saturated heterocycles. The van der Waals surface area contributed by atoms with Crippen LogP contribution in [0.15, 0.2) is 22.7 Å². The zero-order valence-electron chi connectivity index (χ0n) is 7.40. The lowest BCUT2D eigenvalue weighted by molar-refractivity contribution is -0.147. The SMILES string of the molecule is COc1ccc(Br)c([C@H](O)C(=O)O)c1. The molecule has 0 unspecified atom stereocenters. The Balaban J connectivity index is 3.11. The van der Waals surface area contributed by atoms with Crippen molar-refractivity contribution >= 4 is 21.9 Å². The number of carbonyl (C=O) groups is 1. The van der Waals surface area contributed by atoms with Gasteiger partial charge in [-0.15, -0.1) is 0 Å². The minimum Gasteiger partial charge on any atom is -0.497 e. The maximum Gasteiger partial charge on any atom is 0.337 e. The highest BCUT2D eigenvalue weighted by Crippen LogP contribution is 2.27. The number of halogens is 1. The van der Waals surface area contributed by atoms with E-state index in [2.05, 4.69) is 15.9 Å². The van der Waals surface area contributed by atoms with Gasteiger partial charge in [0.1, 0.15) is 5.75 Å². The fourth-order valence-corrected chi connectivity index (χ4v) is 1.45. The fourth-order valence-electron chi connectivity index (χ4n) is 0.991. The van der Waals surface area contributed by atoms with Crippen molar-refractivity contribution in [3.63, 3.8) is 0 Å². The van der Waals surface area contributed by atoms with Gasteiger partial charge in [-0.25, -0.2) is 4.79 Å². The maximum atomic E-state index is 10.5. The molecule has 0 aliphatic heterocycles. The normalized spacial score (nSPS) is 12.2. The molecule has 1 aromatic carbocycles. The molecule has 1 aromatic rings. The summed E-state index contributed by atoms with van der Waals surface area (Å²) in [7, 11) is 1.47. The number of aliphatic hydroxyl groups is 1. The smallest absolute Gasteiger partial charge is 0.337 e. The minimum absolute atomic E-state index is 0.275. The van der Waals surface area contributed by atoms with Crippen LogP contribution in [0, 0.1) is 0 Å². The second-order valence-corrected chi connectivity index (χ2v) is 3.48. The highest BCUT2D eigenvalue weighted by Gasteiger charge is 2.19. The summed E-state index contributed by atoms with van der Waals surface area (Å²) < 4.78 is 5.45. The molecular formula is C9H9BrO4. The first kappa shape index (κ1) is 11.0. The van der Waals surface area contributed by atoms with Crippen LogP contribution in [0.4, 0.5) is 0 Å². The van der Waals surface area contributed by atoms with Crippen molar-refractivity contribution in [2.75, 3.05) is 7.11 Å². The highest BCUT2D eigenvalue weighted by atomic mass is 79.9. The lowest BCUT2D eigenvalue weighted by Gasteiger charge is -2.09. The molecule has 76 valence electrons. The zero-order valence-corrected chi connectivity index (χ0v) is 8.98. The van der Waals surface area contributed by atoms with Crippen molar-refractivity contribution in [3.8, 4) is 5.75 Å². The van der Waals surface area contributed by atoms with E-state index in [0.717, 1.165) is 0 Å². The number of hydrogen-bond donors (Lipinski definition) is 2. The van der Waals surface area contributed by atoms with Gasteiger partial charge in [-0.05, 0) is 18.2 Å². The van der Waals surface area contributed by atoms with Gasteiger partial charge in [-0.2, -0.15) is 0 Å². The molecule has 0 fully saturated rings. The molecule has 0 saturated carbocycles. The highest BCUT2D eigenvalue weighted by molar-refractivity contribution is 9.10. The Labute approximate surface area is 89.3 Å². The lowest BCUT2D eigenvalue weighted by Crippen LogP contribution is -2.11. The molecule has 1 atom stereocenters. The molecule has 0 aromatic heterocycles. The topological polar surface area (TPSA) is 66.8 Å². The van der Waals surface area contributed by atoms with E-state index in [9.17, 15) is 9.90 Å². The molecule has 5 heteroatoms. The Morgan fingerprint density at radius 3 is 2.71 bits per heavy atom. The molecule has 1 rings (SSSR count). The van der Waals surface area contributed by atoms with Gasteiger partial charge in [0, 0.05) is 10.0 Å². The molecule has 0 aliphatic rings. The summed E-state index contributed by atoms with van der Waals surface area (Å²) in [6, 6.07) is 4.77. The number of carboxylic acid groups (broad SMARTS) is 1. The molecule has 2 N–H and O–H groups in total. The van der Waals surface area contributed by atoms with Gasteiger partial charge < -0.3 is 14.9 Å². The van der Waals surface area contributed by atoms with Crippen molar-refractivity contribution in [2.45, 2.75) is 6.10 Å². The van der Waals surface area contributed by atoms with E-state index in [-0.39, 0.29) is 5.56 Å². The van der Waals surface area contributed by atoms with Crippen molar-refractivity contribution in [1.29, 1.82) is 0 Å². The molecule has 4 nitrogen and oxygen atoms in total. The summed E-state index contributed by atoms with van der Waals surface area (Å²) >= 11 is 3.15. The summed E-state index contributed by atoms with van der Waals surface area (Å²) in [4.78, 5) is 10.5. The van der Waals surface area contributed by atoms with Crippen molar-refractivity contribution in [1.82, 2.24) is 0 Å². The standard InChI is InChI=1S/C9H9BrO4/c1-14-5-2-3-7(10)6(4-5)8(11)9(12)13/h2-4,8,11H,1H3,(H,12,13)/t8-/m0/s1. The van der Waals surface area contributed by atoms with Crippen molar-refractivity contribution < 1.29 is 19.7 Å². The Morgan fingerprint density at radius 2 is 2.21 bits per heavy atom. The predicted octanol–water partition coefficient (Wildman–Crippen LogP) is 1.58. The first-order chi connectivity index (χ1) is 6.56. The number of aliphatic hydroxyl groups excluding tert-OH is 1. The molecule has 0 spiro atoms. The second kappa shape index (κ2) is 4.43. The van der Waals surface area contributed by atoms with E-state index < -0.39 is 12.1 Å². The Hall–Kier alpha value is -1.07. The number of methoxy groups -OCH3 is 1. The van der Waals surface area contributed by atoms with Gasteiger partial charge in [0.05, 0.1) is 7.11 Å². The maximum absolute atomic E-state index is 10.5. The van der Waals surface area contributed by atoms with E-state index in [1.807, 2.05) is 0 Å². The second-order valence-electron chi connectivity index (χ2n) is 2.63. The third-order valence-corrected chi connectivity index (χ3v) is 2.45. The largest absolute Gasteiger partial charge is 0.497 e. The van der Waals surface area contributed by atoms with Crippen LogP contribution < -0.4 is 4.74 Å². The van der Waals surface area contributed by atoms with Crippen LogP contribution in [-0.2, 0) is 4.79 Å². The summed E-state index contributed by atoms with van der Waals surface area (Å²) in [5, 5.41) is 17.9. The third kappa shape index (κ3) is 2.24. The number of hydrogen-bond acceptors (Lipinski definition) is 3. The fraction of sp³-hybridized carbons (Fsp3) is 0.222. The average Bonchev–Trinajstić information content (AvgIpc) is 2.17. The van der Waals surface area contributed by atoms with Crippen LogP contribution in [0.3, 0.4) is 0 Å². The van der Waals surface area contributed by atoms with Crippen LogP contribution in [0.2, 0.25) is 0 Å². The monoisotopic (exact) mass is 260 g/mol. The minimum atomic E-state index is -1.54. The van der Waals surface area contributed by atoms with Crippen LogP contribution >= 0.6 is 15.9 Å². The quantitative estimate of drug-likeness (QED) is 0.866. The van der Waals surface area contributed by atoms with Crippen LogP contribution in [0.5, 0.6) is 5.75 Å².